The van der Waals surface area contributed by atoms with Crippen molar-refractivity contribution in [3.05, 3.63) is 66.6 Å². The number of H-pyrrole nitrogens is 1. The molecule has 0 radical (unpaired) electrons. The van der Waals surface area contributed by atoms with Gasteiger partial charge in [-0.25, -0.2) is 4.68 Å². The monoisotopic (exact) mass is 530 g/mol. The second-order valence-electron chi connectivity index (χ2n) is 6.30. The summed E-state index contributed by atoms with van der Waals surface area (Å²) in [6, 6.07) is 9.26. The first-order valence-corrected chi connectivity index (χ1v) is 11.3. The van der Waals surface area contributed by atoms with Gasteiger partial charge in [0.05, 0.1) is 17.6 Å². The fraction of sp³-hybridized carbons (Fsp3) is 0.300. The molecule has 0 bridgehead atoms. The van der Waals surface area contributed by atoms with Crippen LogP contribution in [0, 0.1) is 4.77 Å². The third-order valence-electron chi connectivity index (χ3n) is 4.29. The van der Waals surface area contributed by atoms with Gasteiger partial charge < -0.3 is 14.9 Å². The Morgan fingerprint density at radius 1 is 1.20 bits per heavy atom. The van der Waals surface area contributed by atoms with E-state index in [0.29, 0.717) is 39.5 Å². The van der Waals surface area contributed by atoms with E-state index in [1.54, 1.807) is 22.9 Å². The minimum Gasteiger partial charge on any atom is -0.490 e. The Labute approximate surface area is 198 Å². The van der Waals surface area contributed by atoms with Crippen LogP contribution in [0.5, 0.6) is 11.5 Å². The quantitative estimate of drug-likeness (QED) is 0.317. The summed E-state index contributed by atoms with van der Waals surface area (Å²) in [5.41, 5.74) is 4.99. The highest BCUT2D eigenvalue weighted by Crippen LogP contribution is 2.38. The van der Waals surface area contributed by atoms with E-state index in [4.69, 9.17) is 44.9 Å². The summed E-state index contributed by atoms with van der Waals surface area (Å²) < 4.78 is 14.9. The van der Waals surface area contributed by atoms with Gasteiger partial charge in [0.2, 0.25) is 4.77 Å². The van der Waals surface area contributed by atoms with E-state index in [-0.39, 0.29) is 6.61 Å². The predicted molar refractivity (Wildman–Crippen MR) is 126 cm³/mol. The number of benzene rings is 2. The van der Waals surface area contributed by atoms with Gasteiger partial charge in [-0.1, -0.05) is 36.2 Å². The molecule has 3 rings (SSSR count). The highest BCUT2D eigenvalue weighted by Gasteiger charge is 2.15. The SMILES string of the molecule is CCOc1cc(CNn2c(CC)n[nH]c2=S)cc(Br)c1OCc1c(Cl)cccc1Cl. The van der Waals surface area contributed by atoms with Crippen molar-refractivity contribution in [3.8, 4) is 11.5 Å². The van der Waals surface area contributed by atoms with E-state index in [9.17, 15) is 0 Å². The first-order chi connectivity index (χ1) is 14.4. The zero-order chi connectivity index (χ0) is 21.7. The van der Waals surface area contributed by atoms with Gasteiger partial charge in [-0.05, 0) is 64.9 Å². The van der Waals surface area contributed by atoms with Crippen molar-refractivity contribution >= 4 is 51.3 Å². The van der Waals surface area contributed by atoms with Crippen molar-refractivity contribution in [2.45, 2.75) is 33.4 Å². The minimum absolute atomic E-state index is 0.221. The standard InChI is InChI=1S/C20H21BrCl2N4O2S/c1-3-18-25-26-20(30)27(18)24-10-12-8-14(21)19(17(9-12)28-4-2)29-11-13-15(22)6-5-7-16(13)23/h5-9,24H,3-4,10-11H2,1-2H3,(H,26,30). The van der Waals surface area contributed by atoms with Crippen LogP contribution in [0.3, 0.4) is 0 Å². The Bertz CT molecular complexity index is 1070. The summed E-state index contributed by atoms with van der Waals surface area (Å²) in [6.45, 7) is 5.18. The van der Waals surface area contributed by atoms with Crippen molar-refractivity contribution < 1.29 is 9.47 Å². The average molecular weight is 532 g/mol. The zero-order valence-electron chi connectivity index (χ0n) is 16.5. The maximum absolute atomic E-state index is 6.26. The number of aromatic amines is 1. The molecule has 0 atom stereocenters. The van der Waals surface area contributed by atoms with Crippen LogP contribution >= 0.6 is 51.3 Å². The molecule has 0 fully saturated rings. The molecular weight excluding hydrogens is 511 g/mol. The predicted octanol–water partition coefficient (Wildman–Crippen LogP) is 6.29. The number of halogens is 3. The molecule has 0 spiro atoms. The first kappa shape index (κ1) is 22.9. The third-order valence-corrected chi connectivity index (χ3v) is 5.86. The largest absolute Gasteiger partial charge is 0.490 e. The van der Waals surface area contributed by atoms with Crippen LogP contribution in [0.4, 0.5) is 0 Å². The van der Waals surface area contributed by atoms with Gasteiger partial charge in [-0.15, -0.1) is 0 Å². The zero-order valence-corrected chi connectivity index (χ0v) is 20.4. The van der Waals surface area contributed by atoms with Gasteiger partial charge >= 0.3 is 0 Å². The molecular formula is C20H21BrCl2N4O2S. The van der Waals surface area contributed by atoms with Crippen LogP contribution in [-0.2, 0) is 19.6 Å². The summed E-state index contributed by atoms with van der Waals surface area (Å²) >= 11 is 21.4. The maximum Gasteiger partial charge on any atom is 0.214 e. The lowest BCUT2D eigenvalue weighted by atomic mass is 10.2. The Balaban J connectivity index is 1.81. The fourth-order valence-electron chi connectivity index (χ4n) is 2.84. The Morgan fingerprint density at radius 3 is 2.60 bits per heavy atom. The van der Waals surface area contributed by atoms with Crippen molar-refractivity contribution in [3.63, 3.8) is 0 Å². The number of aryl methyl sites for hydroxylation is 1. The number of nitrogens with zero attached hydrogens (tertiary/aromatic N) is 2. The topological polar surface area (TPSA) is 64.1 Å². The average Bonchev–Trinajstić information content (AvgIpc) is 3.07. The molecule has 3 aromatic rings. The molecule has 0 amide bonds. The van der Waals surface area contributed by atoms with E-state index < -0.39 is 0 Å². The molecule has 0 saturated heterocycles. The molecule has 0 unspecified atom stereocenters. The van der Waals surface area contributed by atoms with Crippen molar-refractivity contribution in [1.29, 1.82) is 0 Å². The van der Waals surface area contributed by atoms with Gasteiger partial charge in [-0.3, -0.25) is 5.10 Å². The van der Waals surface area contributed by atoms with Crippen LogP contribution in [-0.4, -0.2) is 21.5 Å². The second kappa shape index (κ2) is 10.5. The Morgan fingerprint density at radius 2 is 1.93 bits per heavy atom. The first-order valence-electron chi connectivity index (χ1n) is 9.35. The highest BCUT2D eigenvalue weighted by atomic mass is 79.9. The summed E-state index contributed by atoms with van der Waals surface area (Å²) in [7, 11) is 0. The van der Waals surface area contributed by atoms with Crippen LogP contribution in [0.2, 0.25) is 10.0 Å². The van der Waals surface area contributed by atoms with Crippen molar-refractivity contribution in [2.75, 3.05) is 12.0 Å². The van der Waals surface area contributed by atoms with Gasteiger partial charge in [0.15, 0.2) is 17.3 Å². The number of ether oxygens (including phenoxy) is 2. The molecule has 0 aliphatic carbocycles. The van der Waals surface area contributed by atoms with E-state index in [2.05, 4.69) is 31.6 Å². The normalized spacial score (nSPS) is 10.8. The molecule has 0 saturated carbocycles. The molecule has 0 aliphatic heterocycles. The van der Waals surface area contributed by atoms with E-state index in [0.717, 1.165) is 27.8 Å². The smallest absolute Gasteiger partial charge is 0.214 e. The van der Waals surface area contributed by atoms with Crippen LogP contribution < -0.4 is 14.9 Å². The molecule has 30 heavy (non-hydrogen) atoms. The molecule has 10 heteroatoms. The fourth-order valence-corrected chi connectivity index (χ4v) is 4.17. The molecule has 0 aliphatic rings. The number of aromatic nitrogens is 3. The second-order valence-corrected chi connectivity index (χ2v) is 8.35. The van der Waals surface area contributed by atoms with Crippen LogP contribution in [0.25, 0.3) is 0 Å². The molecule has 6 nitrogen and oxygen atoms in total. The molecule has 2 N–H and O–H groups in total. The van der Waals surface area contributed by atoms with E-state index >= 15 is 0 Å². The lowest BCUT2D eigenvalue weighted by Gasteiger charge is -2.17. The van der Waals surface area contributed by atoms with Crippen LogP contribution in [0.1, 0.15) is 30.8 Å². The summed E-state index contributed by atoms with van der Waals surface area (Å²) in [4.78, 5) is 0. The molecule has 1 heterocycles. The Kier molecular flexibility index (Phi) is 8.05. The van der Waals surface area contributed by atoms with E-state index in [1.807, 2.05) is 26.0 Å². The maximum atomic E-state index is 6.26. The van der Waals surface area contributed by atoms with Crippen molar-refractivity contribution in [1.82, 2.24) is 14.9 Å². The molecule has 2 aromatic carbocycles. The van der Waals surface area contributed by atoms with Gasteiger partial charge in [-0.2, -0.15) is 5.10 Å². The lowest BCUT2D eigenvalue weighted by molar-refractivity contribution is 0.267. The lowest BCUT2D eigenvalue weighted by Crippen LogP contribution is -2.17. The number of hydrogen-bond acceptors (Lipinski definition) is 5. The number of nitrogens with one attached hydrogen (secondary N) is 2. The molecule has 1 aromatic heterocycles. The van der Waals surface area contributed by atoms with E-state index in [1.165, 1.54) is 0 Å². The van der Waals surface area contributed by atoms with Gasteiger partial charge in [0, 0.05) is 22.0 Å². The van der Waals surface area contributed by atoms with Crippen LogP contribution in [0.15, 0.2) is 34.8 Å². The third kappa shape index (κ3) is 5.29. The number of rotatable bonds is 9. The molecule has 160 valence electrons. The Hall–Kier alpha value is -1.74. The van der Waals surface area contributed by atoms with Gasteiger partial charge in [0.1, 0.15) is 6.61 Å². The highest BCUT2D eigenvalue weighted by molar-refractivity contribution is 9.10. The van der Waals surface area contributed by atoms with Gasteiger partial charge in [0.25, 0.3) is 0 Å². The summed E-state index contributed by atoms with van der Waals surface area (Å²) in [5.74, 6) is 2.05. The number of hydrogen-bond donors (Lipinski definition) is 2. The summed E-state index contributed by atoms with van der Waals surface area (Å²) in [5, 5.41) is 8.11. The van der Waals surface area contributed by atoms with Crippen molar-refractivity contribution in [2.24, 2.45) is 0 Å². The minimum atomic E-state index is 0.221. The summed E-state index contributed by atoms with van der Waals surface area (Å²) in [6.07, 6.45) is 0.755.